The molecule has 1 nitrogen and oxygen atoms in total. The van der Waals surface area contributed by atoms with E-state index in [-0.39, 0.29) is 6.04 Å². The highest BCUT2D eigenvalue weighted by atomic mass is 35.5. The van der Waals surface area contributed by atoms with Crippen molar-refractivity contribution < 1.29 is 0 Å². The molecule has 2 atom stereocenters. The molecule has 1 aromatic carbocycles. The largest absolute Gasteiger partial charge is 0.307 e. The smallest absolute Gasteiger partial charge is 0.0468 e. The summed E-state index contributed by atoms with van der Waals surface area (Å²) in [5, 5.41) is 4.99. The summed E-state index contributed by atoms with van der Waals surface area (Å²) in [4.78, 5) is 2.78. The zero-order valence-corrected chi connectivity index (χ0v) is 14.2. The first kappa shape index (κ1) is 15.8. The van der Waals surface area contributed by atoms with Crippen molar-refractivity contribution in [2.24, 2.45) is 0 Å². The van der Waals surface area contributed by atoms with Gasteiger partial charge in [-0.3, -0.25) is 0 Å². The van der Waals surface area contributed by atoms with E-state index in [9.17, 15) is 0 Å². The fraction of sp³-hybridized carbons (Fsp3) is 0.375. The average molecular weight is 328 g/mol. The molecule has 2 unspecified atom stereocenters. The molecule has 0 fully saturated rings. The van der Waals surface area contributed by atoms with Crippen LogP contribution in [0.5, 0.6) is 0 Å². The molecule has 1 heterocycles. The van der Waals surface area contributed by atoms with Crippen molar-refractivity contribution in [3.05, 3.63) is 55.7 Å². The van der Waals surface area contributed by atoms with E-state index >= 15 is 0 Å². The Labute approximate surface area is 134 Å². The maximum absolute atomic E-state index is 6.25. The normalized spacial score (nSPS) is 14.2. The molecule has 0 bridgehead atoms. The fourth-order valence-corrected chi connectivity index (χ4v) is 3.92. The molecule has 108 valence electrons. The Kier molecular flexibility index (Phi) is 5.50. The lowest BCUT2D eigenvalue weighted by atomic mass is 10.1. The summed E-state index contributed by atoms with van der Waals surface area (Å²) >= 11 is 14.0. The van der Waals surface area contributed by atoms with Crippen molar-refractivity contribution in [1.82, 2.24) is 5.32 Å². The van der Waals surface area contributed by atoms with Gasteiger partial charge in [-0.05, 0) is 57.0 Å². The monoisotopic (exact) mass is 327 g/mol. The zero-order valence-electron chi connectivity index (χ0n) is 11.9. The van der Waals surface area contributed by atoms with E-state index in [1.165, 1.54) is 9.75 Å². The highest BCUT2D eigenvalue weighted by Gasteiger charge is 2.13. The minimum atomic E-state index is 0.204. The van der Waals surface area contributed by atoms with Gasteiger partial charge in [-0.25, -0.2) is 0 Å². The van der Waals surface area contributed by atoms with E-state index in [4.69, 9.17) is 23.2 Å². The minimum Gasteiger partial charge on any atom is -0.307 e. The predicted molar refractivity (Wildman–Crippen MR) is 90.2 cm³/mol. The summed E-state index contributed by atoms with van der Waals surface area (Å²) in [5.41, 5.74) is 1.09. The number of rotatable bonds is 5. The number of thiophene rings is 1. The van der Waals surface area contributed by atoms with Crippen LogP contribution in [0.1, 0.15) is 35.2 Å². The summed E-state index contributed by atoms with van der Waals surface area (Å²) < 4.78 is 0. The van der Waals surface area contributed by atoms with Crippen LogP contribution in [-0.2, 0) is 6.42 Å². The van der Waals surface area contributed by atoms with Crippen molar-refractivity contribution in [3.8, 4) is 0 Å². The summed E-state index contributed by atoms with van der Waals surface area (Å²) in [6, 6.07) is 10.7. The molecule has 0 aliphatic carbocycles. The molecule has 0 spiro atoms. The van der Waals surface area contributed by atoms with E-state index in [0.717, 1.165) is 17.0 Å². The van der Waals surface area contributed by atoms with Crippen molar-refractivity contribution in [1.29, 1.82) is 0 Å². The third kappa shape index (κ3) is 4.23. The first-order chi connectivity index (χ1) is 9.45. The quantitative estimate of drug-likeness (QED) is 0.748. The Morgan fingerprint density at radius 3 is 2.50 bits per heavy atom. The maximum atomic E-state index is 6.25. The lowest BCUT2D eigenvalue weighted by Crippen LogP contribution is -2.30. The van der Waals surface area contributed by atoms with Crippen molar-refractivity contribution in [3.63, 3.8) is 0 Å². The second-order valence-corrected chi connectivity index (χ2v) is 7.39. The van der Waals surface area contributed by atoms with Crippen LogP contribution in [0.4, 0.5) is 0 Å². The molecule has 0 amide bonds. The molecule has 0 aliphatic rings. The molecular weight excluding hydrogens is 309 g/mol. The molecule has 2 aromatic rings. The molecule has 4 heteroatoms. The number of hydrogen-bond donors (Lipinski definition) is 1. The highest BCUT2D eigenvalue weighted by Crippen LogP contribution is 2.26. The van der Waals surface area contributed by atoms with Gasteiger partial charge in [-0.2, -0.15) is 0 Å². The van der Waals surface area contributed by atoms with E-state index in [1.807, 2.05) is 23.5 Å². The maximum Gasteiger partial charge on any atom is 0.0468 e. The standard InChI is InChI=1S/C16H19Cl2NS/c1-10(8-14-6-4-11(2)20-14)19-12(3)15-7-5-13(17)9-16(15)18/h4-7,9-10,12,19H,8H2,1-3H3. The van der Waals surface area contributed by atoms with Gasteiger partial charge in [-0.1, -0.05) is 29.3 Å². The third-order valence-electron chi connectivity index (χ3n) is 3.27. The van der Waals surface area contributed by atoms with Crippen LogP contribution in [0.15, 0.2) is 30.3 Å². The van der Waals surface area contributed by atoms with Crippen LogP contribution in [-0.4, -0.2) is 6.04 Å². The number of aryl methyl sites for hydroxylation is 1. The lowest BCUT2D eigenvalue weighted by Gasteiger charge is -2.21. The zero-order chi connectivity index (χ0) is 14.7. The van der Waals surface area contributed by atoms with Gasteiger partial charge in [0, 0.05) is 31.9 Å². The van der Waals surface area contributed by atoms with Gasteiger partial charge in [0.2, 0.25) is 0 Å². The summed E-state index contributed by atoms with van der Waals surface area (Å²) in [6.07, 6.45) is 1.04. The van der Waals surface area contributed by atoms with Crippen LogP contribution < -0.4 is 5.32 Å². The first-order valence-electron chi connectivity index (χ1n) is 6.72. The van der Waals surface area contributed by atoms with E-state index in [0.29, 0.717) is 11.1 Å². The molecular formula is C16H19Cl2NS. The van der Waals surface area contributed by atoms with E-state index in [2.05, 4.69) is 38.2 Å². The van der Waals surface area contributed by atoms with Crippen LogP contribution >= 0.6 is 34.5 Å². The average Bonchev–Trinajstić information content (AvgIpc) is 2.74. The first-order valence-corrected chi connectivity index (χ1v) is 8.29. The van der Waals surface area contributed by atoms with Crippen LogP contribution in [0, 0.1) is 6.92 Å². The van der Waals surface area contributed by atoms with Gasteiger partial charge < -0.3 is 5.32 Å². The number of halogens is 2. The Hall–Kier alpha value is -0.540. The van der Waals surface area contributed by atoms with Gasteiger partial charge in [-0.15, -0.1) is 11.3 Å². The third-order valence-corrected chi connectivity index (χ3v) is 4.85. The molecule has 20 heavy (non-hydrogen) atoms. The molecule has 1 N–H and O–H groups in total. The SMILES string of the molecule is Cc1ccc(CC(C)NC(C)c2ccc(Cl)cc2Cl)s1. The second-order valence-electron chi connectivity index (χ2n) is 5.17. The molecule has 0 radical (unpaired) electrons. The van der Waals surface area contributed by atoms with Gasteiger partial charge in [0.25, 0.3) is 0 Å². The van der Waals surface area contributed by atoms with Gasteiger partial charge in [0.05, 0.1) is 0 Å². The van der Waals surface area contributed by atoms with Gasteiger partial charge in [0.1, 0.15) is 0 Å². The predicted octanol–water partition coefficient (Wildman–Crippen LogP) is 5.65. The number of nitrogens with one attached hydrogen (secondary N) is 1. The topological polar surface area (TPSA) is 12.0 Å². The Bertz CT molecular complexity index is 580. The fourth-order valence-electron chi connectivity index (χ4n) is 2.32. The molecule has 0 saturated heterocycles. The van der Waals surface area contributed by atoms with E-state index < -0.39 is 0 Å². The highest BCUT2D eigenvalue weighted by molar-refractivity contribution is 7.11. The van der Waals surface area contributed by atoms with Crippen LogP contribution in [0.2, 0.25) is 10.0 Å². The summed E-state index contributed by atoms with van der Waals surface area (Å²) in [6.45, 7) is 6.48. The molecule has 0 aliphatic heterocycles. The van der Waals surface area contributed by atoms with Crippen LogP contribution in [0.25, 0.3) is 0 Å². The summed E-state index contributed by atoms with van der Waals surface area (Å²) in [5.74, 6) is 0. The van der Waals surface area contributed by atoms with Gasteiger partial charge >= 0.3 is 0 Å². The Morgan fingerprint density at radius 1 is 1.15 bits per heavy atom. The molecule has 0 saturated carbocycles. The number of hydrogen-bond acceptors (Lipinski definition) is 2. The summed E-state index contributed by atoms with van der Waals surface area (Å²) in [7, 11) is 0. The van der Waals surface area contributed by atoms with Gasteiger partial charge in [0.15, 0.2) is 0 Å². The van der Waals surface area contributed by atoms with Crippen molar-refractivity contribution >= 4 is 34.5 Å². The Balaban J connectivity index is 1.98. The van der Waals surface area contributed by atoms with E-state index in [1.54, 1.807) is 6.07 Å². The number of benzene rings is 1. The Morgan fingerprint density at radius 2 is 1.90 bits per heavy atom. The van der Waals surface area contributed by atoms with Crippen molar-refractivity contribution in [2.45, 2.75) is 39.3 Å². The minimum absolute atomic E-state index is 0.204. The lowest BCUT2D eigenvalue weighted by molar-refractivity contribution is 0.479. The van der Waals surface area contributed by atoms with Crippen molar-refractivity contribution in [2.75, 3.05) is 0 Å². The molecule has 1 aromatic heterocycles. The second kappa shape index (κ2) is 6.95. The van der Waals surface area contributed by atoms with Crippen LogP contribution in [0.3, 0.4) is 0 Å². The molecule has 2 rings (SSSR count).